The van der Waals surface area contributed by atoms with Crippen LogP contribution < -0.4 is 5.32 Å². The molecule has 0 amide bonds. The molecule has 0 heterocycles. The average Bonchev–Trinajstić information content (AvgIpc) is 2.87. The summed E-state index contributed by atoms with van der Waals surface area (Å²) in [6, 6.07) is 13.9. The number of nitrogens with one attached hydrogen (secondary N) is 1. The van der Waals surface area contributed by atoms with Crippen LogP contribution in [0.1, 0.15) is 28.3 Å². The normalized spacial score (nSPS) is 16.1. The Labute approximate surface area is 119 Å². The summed E-state index contributed by atoms with van der Waals surface area (Å²) in [5, 5.41) is 3.40. The average molecular weight is 269 g/mol. The first kappa shape index (κ1) is 13.3. The van der Waals surface area contributed by atoms with Crippen LogP contribution >= 0.6 is 0 Å². The quantitative estimate of drug-likeness (QED) is 0.893. The second kappa shape index (κ2) is 5.37. The first-order chi connectivity index (χ1) is 9.69. The predicted molar refractivity (Wildman–Crippen MR) is 80.3 cm³/mol. The van der Waals surface area contributed by atoms with E-state index in [0.29, 0.717) is 5.92 Å². The van der Waals surface area contributed by atoms with Crippen LogP contribution in [0.3, 0.4) is 0 Å². The van der Waals surface area contributed by atoms with Gasteiger partial charge in [-0.25, -0.2) is 4.39 Å². The van der Waals surface area contributed by atoms with Gasteiger partial charge >= 0.3 is 0 Å². The predicted octanol–water partition coefficient (Wildman–Crippen LogP) is 3.81. The zero-order valence-electron chi connectivity index (χ0n) is 12.0. The zero-order valence-corrected chi connectivity index (χ0v) is 12.0. The van der Waals surface area contributed by atoms with Gasteiger partial charge in [0.2, 0.25) is 0 Å². The molecular weight excluding hydrogens is 249 g/mol. The Kier molecular flexibility index (Phi) is 3.58. The number of halogens is 1. The van der Waals surface area contributed by atoms with Gasteiger partial charge in [0.25, 0.3) is 0 Å². The second-order valence-corrected chi connectivity index (χ2v) is 5.70. The summed E-state index contributed by atoms with van der Waals surface area (Å²) in [5.41, 5.74) is 5.12. The van der Waals surface area contributed by atoms with Crippen LogP contribution in [0.15, 0.2) is 42.5 Å². The molecule has 0 fully saturated rings. The van der Waals surface area contributed by atoms with E-state index in [1.165, 1.54) is 17.2 Å². The molecule has 1 unspecified atom stereocenters. The molecule has 1 atom stereocenters. The number of fused-ring (bicyclic) bond motifs is 1. The molecule has 1 aliphatic rings. The van der Waals surface area contributed by atoms with Crippen molar-refractivity contribution in [1.82, 2.24) is 5.32 Å². The summed E-state index contributed by atoms with van der Waals surface area (Å²) in [6.45, 7) is 2.06. The molecule has 20 heavy (non-hydrogen) atoms. The second-order valence-electron chi connectivity index (χ2n) is 5.70. The fraction of sp³-hybridized carbons (Fsp3) is 0.333. The van der Waals surface area contributed by atoms with Gasteiger partial charge in [0.15, 0.2) is 0 Å². The molecule has 0 spiro atoms. The van der Waals surface area contributed by atoms with Crippen LogP contribution in [-0.4, -0.2) is 7.05 Å². The van der Waals surface area contributed by atoms with Gasteiger partial charge in [0.05, 0.1) is 0 Å². The highest BCUT2D eigenvalue weighted by Crippen LogP contribution is 2.36. The molecule has 1 aliphatic carbocycles. The summed E-state index contributed by atoms with van der Waals surface area (Å²) < 4.78 is 13.6. The maximum Gasteiger partial charge on any atom is 0.123 e. The lowest BCUT2D eigenvalue weighted by Gasteiger charge is -2.25. The maximum atomic E-state index is 13.6. The molecule has 104 valence electrons. The van der Waals surface area contributed by atoms with E-state index < -0.39 is 0 Å². The van der Waals surface area contributed by atoms with Crippen molar-refractivity contribution in [3.8, 4) is 0 Å². The highest BCUT2D eigenvalue weighted by molar-refractivity contribution is 5.36. The van der Waals surface area contributed by atoms with Gasteiger partial charge in [-0.15, -0.1) is 0 Å². The molecule has 2 aromatic rings. The van der Waals surface area contributed by atoms with Crippen molar-refractivity contribution in [2.75, 3.05) is 7.05 Å². The molecule has 1 N–H and O–H groups in total. The summed E-state index contributed by atoms with van der Waals surface area (Å²) in [4.78, 5) is 0. The van der Waals surface area contributed by atoms with Gasteiger partial charge in [-0.2, -0.15) is 0 Å². The van der Waals surface area contributed by atoms with Gasteiger partial charge < -0.3 is 5.32 Å². The van der Waals surface area contributed by atoms with Gasteiger partial charge in [0.1, 0.15) is 5.82 Å². The van der Waals surface area contributed by atoms with Crippen LogP contribution in [0, 0.1) is 18.7 Å². The van der Waals surface area contributed by atoms with Crippen molar-refractivity contribution in [3.63, 3.8) is 0 Å². The van der Waals surface area contributed by atoms with E-state index >= 15 is 0 Å². The summed E-state index contributed by atoms with van der Waals surface area (Å²) >= 11 is 0. The third-order valence-corrected chi connectivity index (χ3v) is 4.44. The van der Waals surface area contributed by atoms with Crippen molar-refractivity contribution >= 4 is 0 Å². The smallest absolute Gasteiger partial charge is 0.123 e. The topological polar surface area (TPSA) is 12.0 Å². The van der Waals surface area contributed by atoms with E-state index in [9.17, 15) is 4.39 Å². The minimum absolute atomic E-state index is 0.152. The number of hydrogen-bond acceptors (Lipinski definition) is 1. The van der Waals surface area contributed by atoms with E-state index in [2.05, 4.69) is 36.5 Å². The van der Waals surface area contributed by atoms with Crippen LogP contribution in [0.2, 0.25) is 0 Å². The van der Waals surface area contributed by atoms with Crippen LogP contribution in [0.4, 0.5) is 4.39 Å². The number of rotatable bonds is 3. The minimum atomic E-state index is -0.152. The third kappa shape index (κ3) is 2.36. The van der Waals surface area contributed by atoms with Crippen LogP contribution in [0.25, 0.3) is 0 Å². The molecule has 0 saturated carbocycles. The summed E-state index contributed by atoms with van der Waals surface area (Å²) in [6.07, 6.45) is 2.13. The first-order valence-electron chi connectivity index (χ1n) is 7.19. The molecule has 3 rings (SSSR count). The monoisotopic (exact) mass is 269 g/mol. The molecule has 0 radical (unpaired) electrons. The Bertz CT molecular complexity index is 596. The molecule has 0 aliphatic heterocycles. The van der Waals surface area contributed by atoms with Gasteiger partial charge in [-0.3, -0.25) is 0 Å². The van der Waals surface area contributed by atoms with Crippen molar-refractivity contribution < 1.29 is 4.39 Å². The van der Waals surface area contributed by atoms with E-state index in [0.717, 1.165) is 24.0 Å². The van der Waals surface area contributed by atoms with Crippen molar-refractivity contribution in [2.45, 2.75) is 25.8 Å². The minimum Gasteiger partial charge on any atom is -0.313 e. The van der Waals surface area contributed by atoms with Crippen molar-refractivity contribution in [3.05, 3.63) is 70.5 Å². The highest BCUT2D eigenvalue weighted by atomic mass is 19.1. The molecule has 2 heteroatoms. The molecule has 0 aromatic heterocycles. The van der Waals surface area contributed by atoms with Crippen molar-refractivity contribution in [2.24, 2.45) is 5.92 Å². The molecule has 2 aromatic carbocycles. The lowest BCUT2D eigenvalue weighted by atomic mass is 9.88. The van der Waals surface area contributed by atoms with E-state index in [1.54, 1.807) is 6.07 Å². The number of hydrogen-bond donors (Lipinski definition) is 1. The first-order valence-corrected chi connectivity index (χ1v) is 7.19. The molecule has 0 bridgehead atoms. The third-order valence-electron chi connectivity index (χ3n) is 4.44. The van der Waals surface area contributed by atoms with Crippen molar-refractivity contribution in [1.29, 1.82) is 0 Å². The Morgan fingerprint density at radius 2 is 1.75 bits per heavy atom. The standard InChI is InChI=1S/C18H20FN/c1-12-7-8-16(19)11-17(12)18(20-2)15-9-13-5-3-4-6-14(13)10-15/h3-8,11,15,18,20H,9-10H2,1-2H3. The van der Waals surface area contributed by atoms with Gasteiger partial charge in [0, 0.05) is 6.04 Å². The fourth-order valence-electron chi connectivity index (χ4n) is 3.42. The highest BCUT2D eigenvalue weighted by Gasteiger charge is 2.29. The van der Waals surface area contributed by atoms with Gasteiger partial charge in [-0.1, -0.05) is 30.3 Å². The maximum absolute atomic E-state index is 13.6. The lowest BCUT2D eigenvalue weighted by Crippen LogP contribution is -2.26. The molecular formula is C18H20FN. The Balaban J connectivity index is 1.91. The van der Waals surface area contributed by atoms with E-state index in [-0.39, 0.29) is 11.9 Å². The largest absolute Gasteiger partial charge is 0.313 e. The SMILES string of the molecule is CNC(c1cc(F)ccc1C)C1Cc2ccccc2C1. The molecule has 0 saturated heterocycles. The lowest BCUT2D eigenvalue weighted by molar-refractivity contribution is 0.394. The van der Waals surface area contributed by atoms with E-state index in [1.807, 2.05) is 13.1 Å². The zero-order chi connectivity index (χ0) is 14.1. The number of benzene rings is 2. The van der Waals surface area contributed by atoms with Crippen LogP contribution in [0.5, 0.6) is 0 Å². The van der Waals surface area contributed by atoms with Gasteiger partial charge in [-0.05, 0) is 67.1 Å². The Hall–Kier alpha value is -1.67. The number of aryl methyl sites for hydroxylation is 1. The fourth-order valence-corrected chi connectivity index (χ4v) is 3.42. The Morgan fingerprint density at radius 1 is 1.10 bits per heavy atom. The van der Waals surface area contributed by atoms with Crippen LogP contribution in [-0.2, 0) is 12.8 Å². The Morgan fingerprint density at radius 3 is 2.35 bits per heavy atom. The summed E-state index contributed by atoms with van der Waals surface area (Å²) in [5.74, 6) is 0.347. The summed E-state index contributed by atoms with van der Waals surface area (Å²) in [7, 11) is 1.97. The molecule has 1 nitrogen and oxygen atoms in total. The van der Waals surface area contributed by atoms with E-state index in [4.69, 9.17) is 0 Å².